The van der Waals surface area contributed by atoms with E-state index in [0.717, 1.165) is 11.3 Å². The van der Waals surface area contributed by atoms with Crippen molar-refractivity contribution < 1.29 is 33.3 Å². The molecule has 192 valence electrons. The Morgan fingerprint density at radius 2 is 1.69 bits per heavy atom. The number of barbiturate groups is 1. The first-order chi connectivity index (χ1) is 17.3. The van der Waals surface area contributed by atoms with Crippen LogP contribution in [0.1, 0.15) is 38.3 Å². The summed E-state index contributed by atoms with van der Waals surface area (Å²) in [7, 11) is 1.52. The lowest BCUT2D eigenvalue weighted by Gasteiger charge is -2.26. The first kappa shape index (κ1) is 27.1. The SMILES string of the molecule is CCCOc1ccc(CN2C(=O)NC(=O)/C(=C\c3cc(Br)c(OCC)c(OCC)c3)C2=O)cc1OC. The molecule has 0 bridgehead atoms. The number of nitrogens with zero attached hydrogens (tertiary/aromatic N) is 1. The number of rotatable bonds is 11. The first-order valence-electron chi connectivity index (χ1n) is 11.6. The molecule has 0 aromatic heterocycles. The number of benzene rings is 2. The van der Waals surface area contributed by atoms with Crippen molar-refractivity contribution in [2.75, 3.05) is 26.9 Å². The third kappa shape index (κ3) is 6.17. The van der Waals surface area contributed by atoms with Crippen molar-refractivity contribution in [2.24, 2.45) is 0 Å². The Balaban J connectivity index is 1.91. The molecule has 1 aliphatic rings. The molecule has 1 aliphatic heterocycles. The third-order valence-corrected chi connectivity index (χ3v) is 5.74. The number of halogens is 1. The third-order valence-electron chi connectivity index (χ3n) is 5.15. The van der Waals surface area contributed by atoms with E-state index in [9.17, 15) is 14.4 Å². The minimum Gasteiger partial charge on any atom is -0.493 e. The Hall–Kier alpha value is -3.53. The Morgan fingerprint density at radius 3 is 2.36 bits per heavy atom. The van der Waals surface area contributed by atoms with Crippen LogP contribution in [0.2, 0.25) is 0 Å². The zero-order chi connectivity index (χ0) is 26.2. The molecule has 1 N–H and O–H groups in total. The normalized spacial score (nSPS) is 14.6. The summed E-state index contributed by atoms with van der Waals surface area (Å²) in [6.07, 6.45) is 2.26. The maximum atomic E-state index is 13.2. The van der Waals surface area contributed by atoms with Gasteiger partial charge in [0.1, 0.15) is 5.57 Å². The van der Waals surface area contributed by atoms with E-state index >= 15 is 0 Å². The lowest BCUT2D eigenvalue weighted by molar-refractivity contribution is -0.130. The molecule has 0 atom stereocenters. The average molecular weight is 561 g/mol. The van der Waals surface area contributed by atoms with Gasteiger partial charge in [0.25, 0.3) is 11.8 Å². The monoisotopic (exact) mass is 560 g/mol. The molecule has 2 aromatic carbocycles. The molecule has 36 heavy (non-hydrogen) atoms. The number of nitrogens with one attached hydrogen (secondary N) is 1. The highest BCUT2D eigenvalue weighted by Crippen LogP contribution is 2.38. The van der Waals surface area contributed by atoms with Gasteiger partial charge in [0, 0.05) is 0 Å². The van der Waals surface area contributed by atoms with Crippen LogP contribution in [0.25, 0.3) is 6.08 Å². The maximum Gasteiger partial charge on any atom is 0.331 e. The second-order valence-electron chi connectivity index (χ2n) is 7.74. The highest BCUT2D eigenvalue weighted by molar-refractivity contribution is 9.10. The number of carbonyl (C=O) groups is 3. The summed E-state index contributed by atoms with van der Waals surface area (Å²) in [5.41, 5.74) is 0.985. The molecular weight excluding hydrogens is 532 g/mol. The van der Waals surface area contributed by atoms with E-state index < -0.39 is 17.8 Å². The predicted molar refractivity (Wildman–Crippen MR) is 137 cm³/mol. The minimum absolute atomic E-state index is 0.0587. The van der Waals surface area contributed by atoms with Gasteiger partial charge in [-0.25, -0.2) is 4.79 Å². The van der Waals surface area contributed by atoms with Crippen LogP contribution in [0.4, 0.5) is 4.79 Å². The number of methoxy groups -OCH3 is 1. The number of imide groups is 2. The molecular formula is C26H29BrN2O7. The summed E-state index contributed by atoms with van der Waals surface area (Å²) in [6.45, 7) is 7.01. The van der Waals surface area contributed by atoms with E-state index in [1.54, 1.807) is 30.3 Å². The molecule has 9 nitrogen and oxygen atoms in total. The van der Waals surface area contributed by atoms with Crippen LogP contribution in [-0.4, -0.2) is 49.7 Å². The van der Waals surface area contributed by atoms with Crippen molar-refractivity contribution in [3.05, 3.63) is 51.5 Å². The van der Waals surface area contributed by atoms with Crippen LogP contribution in [-0.2, 0) is 16.1 Å². The largest absolute Gasteiger partial charge is 0.493 e. The van der Waals surface area contributed by atoms with E-state index in [1.165, 1.54) is 13.2 Å². The topological polar surface area (TPSA) is 103 Å². The molecule has 0 spiro atoms. The molecule has 10 heteroatoms. The van der Waals surface area contributed by atoms with Gasteiger partial charge in [0.2, 0.25) is 0 Å². The van der Waals surface area contributed by atoms with Crippen LogP contribution in [0.3, 0.4) is 0 Å². The molecule has 3 rings (SSSR count). The second-order valence-corrected chi connectivity index (χ2v) is 8.59. The molecule has 1 saturated heterocycles. The molecule has 4 amide bonds. The second kappa shape index (κ2) is 12.4. The van der Waals surface area contributed by atoms with Crippen LogP contribution < -0.4 is 24.3 Å². The van der Waals surface area contributed by atoms with Crippen molar-refractivity contribution in [2.45, 2.75) is 33.7 Å². The van der Waals surface area contributed by atoms with E-state index in [2.05, 4.69) is 21.2 Å². The molecule has 1 heterocycles. The average Bonchev–Trinajstić information content (AvgIpc) is 2.85. The summed E-state index contributed by atoms with van der Waals surface area (Å²) in [4.78, 5) is 39.3. The van der Waals surface area contributed by atoms with Crippen LogP contribution >= 0.6 is 15.9 Å². The molecule has 0 radical (unpaired) electrons. The van der Waals surface area contributed by atoms with Gasteiger partial charge in [-0.15, -0.1) is 0 Å². The predicted octanol–water partition coefficient (Wildman–Crippen LogP) is 4.71. The summed E-state index contributed by atoms with van der Waals surface area (Å²) >= 11 is 3.46. The van der Waals surface area contributed by atoms with Gasteiger partial charge in [-0.05, 0) is 77.7 Å². The van der Waals surface area contributed by atoms with Gasteiger partial charge in [0.15, 0.2) is 23.0 Å². The fraction of sp³-hybridized carbons (Fsp3) is 0.346. The van der Waals surface area contributed by atoms with Crippen LogP contribution in [0, 0.1) is 0 Å². The van der Waals surface area contributed by atoms with Gasteiger partial charge >= 0.3 is 6.03 Å². The summed E-state index contributed by atoms with van der Waals surface area (Å²) in [6, 6.07) is 7.75. The lowest BCUT2D eigenvalue weighted by atomic mass is 10.1. The number of hydrogen-bond acceptors (Lipinski definition) is 7. The Bertz CT molecular complexity index is 1180. The van der Waals surface area contributed by atoms with E-state index in [-0.39, 0.29) is 12.1 Å². The number of ether oxygens (including phenoxy) is 4. The number of hydrogen-bond donors (Lipinski definition) is 1. The van der Waals surface area contributed by atoms with Crippen molar-refractivity contribution in [3.63, 3.8) is 0 Å². The van der Waals surface area contributed by atoms with Gasteiger partial charge < -0.3 is 18.9 Å². The van der Waals surface area contributed by atoms with Gasteiger partial charge in [-0.2, -0.15) is 0 Å². The minimum atomic E-state index is -0.796. The Labute approximate surface area is 218 Å². The first-order valence-corrected chi connectivity index (χ1v) is 12.4. The highest BCUT2D eigenvalue weighted by Gasteiger charge is 2.36. The maximum absolute atomic E-state index is 13.2. The van der Waals surface area contributed by atoms with Crippen molar-refractivity contribution >= 4 is 39.9 Å². The van der Waals surface area contributed by atoms with Gasteiger partial charge in [0.05, 0.1) is 37.9 Å². The van der Waals surface area contributed by atoms with Crippen LogP contribution in [0.5, 0.6) is 23.0 Å². The molecule has 1 fully saturated rings. The van der Waals surface area contributed by atoms with E-state index in [4.69, 9.17) is 18.9 Å². The quantitative estimate of drug-likeness (QED) is 0.313. The fourth-order valence-corrected chi connectivity index (χ4v) is 4.12. The van der Waals surface area contributed by atoms with Crippen molar-refractivity contribution in [1.82, 2.24) is 10.2 Å². The molecule has 0 aliphatic carbocycles. The van der Waals surface area contributed by atoms with Crippen molar-refractivity contribution in [3.8, 4) is 23.0 Å². The fourth-order valence-electron chi connectivity index (χ4n) is 3.55. The molecule has 2 aromatic rings. The zero-order valence-corrected chi connectivity index (χ0v) is 22.3. The van der Waals surface area contributed by atoms with Crippen molar-refractivity contribution in [1.29, 1.82) is 0 Å². The molecule has 0 unspecified atom stereocenters. The lowest BCUT2D eigenvalue weighted by Crippen LogP contribution is -2.53. The number of urea groups is 1. The summed E-state index contributed by atoms with van der Waals surface area (Å²) < 4.78 is 23.0. The summed E-state index contributed by atoms with van der Waals surface area (Å²) in [5.74, 6) is 0.564. The van der Waals surface area contributed by atoms with E-state index in [0.29, 0.717) is 58.4 Å². The van der Waals surface area contributed by atoms with Gasteiger partial charge in [-0.1, -0.05) is 13.0 Å². The van der Waals surface area contributed by atoms with E-state index in [1.807, 2.05) is 20.8 Å². The standard InChI is InChI=1S/C26H29BrN2O7/c1-5-10-36-20-9-8-16(13-21(20)33-4)15-29-25(31)18(24(30)28-26(29)32)11-17-12-19(27)23(35-7-3)22(14-17)34-6-2/h8-9,11-14H,5-7,10,15H2,1-4H3,(H,28,30,32)/b18-11+. The Morgan fingerprint density at radius 1 is 0.944 bits per heavy atom. The van der Waals surface area contributed by atoms with Gasteiger partial charge in [-0.3, -0.25) is 19.8 Å². The number of amides is 4. The smallest absolute Gasteiger partial charge is 0.331 e. The molecule has 0 saturated carbocycles. The Kier molecular flexibility index (Phi) is 9.35. The highest BCUT2D eigenvalue weighted by atomic mass is 79.9. The van der Waals surface area contributed by atoms with Crippen LogP contribution in [0.15, 0.2) is 40.4 Å². The zero-order valence-electron chi connectivity index (χ0n) is 20.7. The summed E-state index contributed by atoms with van der Waals surface area (Å²) in [5, 5.41) is 2.24. The number of carbonyl (C=O) groups excluding carboxylic acids is 3.